The highest BCUT2D eigenvalue weighted by atomic mass is 79.9. The number of benzene rings is 1. The SMILES string of the molecule is CCCCCCCC(NCCC)c1ccc(Br)cc1C. The maximum absolute atomic E-state index is 3.72. The molecule has 0 saturated heterocycles. The van der Waals surface area contributed by atoms with Crippen LogP contribution in [0.4, 0.5) is 0 Å². The van der Waals surface area contributed by atoms with Crippen LogP contribution in [0.3, 0.4) is 0 Å². The number of rotatable bonds is 10. The minimum atomic E-state index is 0.518. The Labute approximate surface area is 133 Å². The molecule has 0 heterocycles. The monoisotopic (exact) mass is 339 g/mol. The molecule has 0 fully saturated rings. The smallest absolute Gasteiger partial charge is 0.0322 e. The molecule has 0 radical (unpaired) electrons. The summed E-state index contributed by atoms with van der Waals surface area (Å²) < 4.78 is 1.18. The molecule has 1 nitrogen and oxygen atoms in total. The van der Waals surface area contributed by atoms with Gasteiger partial charge in [0.05, 0.1) is 0 Å². The van der Waals surface area contributed by atoms with Crippen LogP contribution in [0.1, 0.15) is 76.0 Å². The van der Waals surface area contributed by atoms with Gasteiger partial charge in [-0.2, -0.15) is 0 Å². The summed E-state index contributed by atoms with van der Waals surface area (Å²) in [5, 5.41) is 3.72. The predicted octanol–water partition coefficient (Wildman–Crippen LogP) is 6.16. The van der Waals surface area contributed by atoms with E-state index in [1.807, 2.05) is 0 Å². The quantitative estimate of drug-likeness (QED) is 0.503. The van der Waals surface area contributed by atoms with Crippen LogP contribution >= 0.6 is 15.9 Å². The van der Waals surface area contributed by atoms with Crippen LogP contribution < -0.4 is 5.32 Å². The molecular weight excluding hydrogens is 310 g/mol. The minimum absolute atomic E-state index is 0.518. The molecule has 0 spiro atoms. The van der Waals surface area contributed by atoms with Crippen LogP contribution in [-0.4, -0.2) is 6.54 Å². The fourth-order valence-corrected chi connectivity index (χ4v) is 3.14. The molecule has 2 heteroatoms. The van der Waals surface area contributed by atoms with Crippen molar-refractivity contribution in [2.24, 2.45) is 0 Å². The Hall–Kier alpha value is -0.340. The second-order valence-electron chi connectivity index (χ2n) is 5.71. The van der Waals surface area contributed by atoms with Crippen molar-refractivity contribution in [1.82, 2.24) is 5.32 Å². The lowest BCUT2D eigenvalue weighted by molar-refractivity contribution is 0.466. The maximum atomic E-state index is 3.72. The third-order valence-electron chi connectivity index (χ3n) is 3.84. The van der Waals surface area contributed by atoms with E-state index < -0.39 is 0 Å². The van der Waals surface area contributed by atoms with Gasteiger partial charge in [0.1, 0.15) is 0 Å². The van der Waals surface area contributed by atoms with Crippen LogP contribution in [0.2, 0.25) is 0 Å². The molecule has 1 unspecified atom stereocenters. The number of halogens is 1. The van der Waals surface area contributed by atoms with Crippen molar-refractivity contribution in [3.05, 3.63) is 33.8 Å². The fourth-order valence-electron chi connectivity index (χ4n) is 2.67. The second kappa shape index (κ2) is 10.4. The molecule has 1 atom stereocenters. The molecule has 0 aliphatic carbocycles. The number of nitrogens with one attached hydrogen (secondary N) is 1. The van der Waals surface area contributed by atoms with Crippen molar-refractivity contribution in [3.8, 4) is 0 Å². The Bertz CT molecular complexity index is 376. The van der Waals surface area contributed by atoms with Crippen LogP contribution in [0.5, 0.6) is 0 Å². The van der Waals surface area contributed by atoms with Crippen molar-refractivity contribution in [3.63, 3.8) is 0 Å². The van der Waals surface area contributed by atoms with Crippen molar-refractivity contribution in [2.45, 2.75) is 71.8 Å². The molecule has 0 saturated carbocycles. The standard InChI is InChI=1S/C18H30BrN/c1-4-6-7-8-9-10-18(20-13-5-2)17-12-11-16(19)14-15(17)3/h11-12,14,18,20H,4-10,13H2,1-3H3. The average Bonchev–Trinajstić information content (AvgIpc) is 2.43. The summed E-state index contributed by atoms with van der Waals surface area (Å²) in [6, 6.07) is 7.19. The average molecular weight is 340 g/mol. The Morgan fingerprint density at radius 2 is 1.80 bits per heavy atom. The van der Waals surface area contributed by atoms with Gasteiger partial charge in [-0.1, -0.05) is 67.9 Å². The van der Waals surface area contributed by atoms with Gasteiger partial charge in [-0.15, -0.1) is 0 Å². The molecule has 1 aromatic rings. The molecule has 0 bridgehead atoms. The summed E-state index contributed by atoms with van der Waals surface area (Å²) in [5.74, 6) is 0. The first-order valence-corrected chi connectivity index (χ1v) is 8.97. The Morgan fingerprint density at radius 1 is 1.05 bits per heavy atom. The highest BCUT2D eigenvalue weighted by Gasteiger charge is 2.12. The van der Waals surface area contributed by atoms with E-state index in [4.69, 9.17) is 0 Å². The van der Waals surface area contributed by atoms with E-state index in [2.05, 4.69) is 60.2 Å². The molecule has 20 heavy (non-hydrogen) atoms. The van der Waals surface area contributed by atoms with E-state index in [0.29, 0.717) is 6.04 Å². The normalized spacial score (nSPS) is 12.6. The van der Waals surface area contributed by atoms with Gasteiger partial charge in [-0.3, -0.25) is 0 Å². The zero-order chi connectivity index (χ0) is 14.8. The van der Waals surface area contributed by atoms with Crippen LogP contribution in [0.15, 0.2) is 22.7 Å². The van der Waals surface area contributed by atoms with Crippen molar-refractivity contribution >= 4 is 15.9 Å². The number of unbranched alkanes of at least 4 members (excludes halogenated alkanes) is 4. The summed E-state index contributed by atoms with van der Waals surface area (Å²) in [6.07, 6.45) is 9.24. The van der Waals surface area contributed by atoms with Gasteiger partial charge in [-0.25, -0.2) is 0 Å². The molecular formula is C18H30BrN. The maximum Gasteiger partial charge on any atom is 0.0322 e. The lowest BCUT2D eigenvalue weighted by Crippen LogP contribution is -2.22. The van der Waals surface area contributed by atoms with E-state index in [1.54, 1.807) is 0 Å². The number of hydrogen-bond acceptors (Lipinski definition) is 1. The number of aryl methyl sites for hydroxylation is 1. The van der Waals surface area contributed by atoms with Crippen molar-refractivity contribution < 1.29 is 0 Å². The first-order valence-electron chi connectivity index (χ1n) is 8.18. The van der Waals surface area contributed by atoms with Crippen LogP contribution in [-0.2, 0) is 0 Å². The van der Waals surface area contributed by atoms with Gasteiger partial charge in [0.2, 0.25) is 0 Å². The molecule has 1 aromatic carbocycles. The molecule has 1 N–H and O–H groups in total. The second-order valence-corrected chi connectivity index (χ2v) is 6.63. The van der Waals surface area contributed by atoms with E-state index >= 15 is 0 Å². The Kier molecular flexibility index (Phi) is 9.21. The van der Waals surface area contributed by atoms with Crippen molar-refractivity contribution in [1.29, 1.82) is 0 Å². The van der Waals surface area contributed by atoms with E-state index in [0.717, 1.165) is 6.54 Å². The van der Waals surface area contributed by atoms with Gasteiger partial charge in [0.25, 0.3) is 0 Å². The summed E-state index contributed by atoms with van der Waals surface area (Å²) in [4.78, 5) is 0. The Balaban J connectivity index is 2.58. The van der Waals surface area contributed by atoms with Gasteiger partial charge in [0.15, 0.2) is 0 Å². The summed E-state index contributed by atoms with van der Waals surface area (Å²) in [5.41, 5.74) is 2.86. The van der Waals surface area contributed by atoms with Gasteiger partial charge in [0, 0.05) is 10.5 Å². The largest absolute Gasteiger partial charge is 0.310 e. The van der Waals surface area contributed by atoms with E-state index in [1.165, 1.54) is 60.5 Å². The molecule has 0 aliphatic heterocycles. The lowest BCUT2D eigenvalue weighted by atomic mass is 9.96. The molecule has 1 rings (SSSR count). The third-order valence-corrected chi connectivity index (χ3v) is 4.34. The third kappa shape index (κ3) is 6.41. The zero-order valence-corrected chi connectivity index (χ0v) is 14.9. The summed E-state index contributed by atoms with van der Waals surface area (Å²) in [7, 11) is 0. The number of hydrogen-bond donors (Lipinski definition) is 1. The lowest BCUT2D eigenvalue weighted by Gasteiger charge is -2.21. The Morgan fingerprint density at radius 3 is 2.45 bits per heavy atom. The van der Waals surface area contributed by atoms with Gasteiger partial charge < -0.3 is 5.32 Å². The topological polar surface area (TPSA) is 12.0 Å². The fraction of sp³-hybridized carbons (Fsp3) is 0.667. The van der Waals surface area contributed by atoms with Crippen LogP contribution in [0, 0.1) is 6.92 Å². The van der Waals surface area contributed by atoms with Crippen LogP contribution in [0.25, 0.3) is 0 Å². The zero-order valence-electron chi connectivity index (χ0n) is 13.3. The molecule has 0 aromatic heterocycles. The first kappa shape index (κ1) is 17.7. The van der Waals surface area contributed by atoms with Crippen molar-refractivity contribution in [2.75, 3.05) is 6.54 Å². The molecule has 114 valence electrons. The summed E-state index contributed by atoms with van der Waals surface area (Å²) in [6.45, 7) is 7.84. The molecule has 0 aliphatic rings. The highest BCUT2D eigenvalue weighted by Crippen LogP contribution is 2.26. The van der Waals surface area contributed by atoms with Gasteiger partial charge >= 0.3 is 0 Å². The minimum Gasteiger partial charge on any atom is -0.310 e. The van der Waals surface area contributed by atoms with Gasteiger partial charge in [-0.05, 0) is 49.6 Å². The van der Waals surface area contributed by atoms with E-state index in [9.17, 15) is 0 Å². The summed E-state index contributed by atoms with van der Waals surface area (Å²) >= 11 is 3.56. The van der Waals surface area contributed by atoms with E-state index in [-0.39, 0.29) is 0 Å². The highest BCUT2D eigenvalue weighted by molar-refractivity contribution is 9.10. The predicted molar refractivity (Wildman–Crippen MR) is 93.3 cm³/mol. The first-order chi connectivity index (χ1) is 9.69. The molecule has 0 amide bonds.